The molecule has 1 heterocycles. The summed E-state index contributed by atoms with van der Waals surface area (Å²) in [6.45, 7) is 7.73. The molecule has 5 aliphatic rings. The Labute approximate surface area is 240 Å². The van der Waals surface area contributed by atoms with Crippen molar-refractivity contribution in [1.29, 1.82) is 0 Å². The topological polar surface area (TPSA) is 110 Å². The number of rotatable bonds is 7. The Balaban J connectivity index is 1.22. The molecule has 3 N–H and O–H groups in total. The van der Waals surface area contributed by atoms with Gasteiger partial charge >= 0.3 is 0 Å². The highest BCUT2D eigenvalue weighted by molar-refractivity contribution is 6.05. The highest BCUT2D eigenvalue weighted by Gasteiger charge is 2.75. The number of carbonyl (C=O) groups excluding carboxylic acids is 1. The molecule has 4 fully saturated rings. The van der Waals surface area contributed by atoms with E-state index in [-0.39, 0.29) is 36.6 Å². The first-order chi connectivity index (χ1) is 19.4. The van der Waals surface area contributed by atoms with Crippen LogP contribution in [0.3, 0.4) is 0 Å². The van der Waals surface area contributed by atoms with E-state index in [1.54, 1.807) is 6.08 Å². The fraction of sp³-hybridized carbons (Fsp3) is 0.625. The van der Waals surface area contributed by atoms with Gasteiger partial charge in [0.1, 0.15) is 42.1 Å². The van der Waals surface area contributed by atoms with Crippen molar-refractivity contribution >= 4 is 11.5 Å². The van der Waals surface area contributed by atoms with E-state index in [0.29, 0.717) is 30.7 Å². The van der Waals surface area contributed by atoms with Gasteiger partial charge in [0.05, 0.1) is 12.2 Å². The lowest BCUT2D eigenvalue weighted by atomic mass is 9.45. The monoisotopic (exact) mass is 568 g/mol. The molecule has 4 aliphatic carbocycles. The number of ketones is 1. The van der Waals surface area contributed by atoms with Crippen LogP contribution in [-0.2, 0) is 14.4 Å². The van der Waals surface area contributed by atoms with Gasteiger partial charge in [-0.15, -0.1) is 0 Å². The van der Waals surface area contributed by atoms with E-state index in [9.17, 15) is 15.0 Å². The predicted molar refractivity (Wildman–Crippen MR) is 151 cm³/mol. The molecule has 1 aliphatic heterocycles. The fourth-order valence-electron chi connectivity index (χ4n) is 9.16. The normalized spacial score (nSPS) is 43.0. The molecule has 1 aromatic carbocycles. The number of para-hydroxylation sites is 1. The van der Waals surface area contributed by atoms with Crippen LogP contribution < -0.4 is 10.1 Å². The summed E-state index contributed by atoms with van der Waals surface area (Å²) in [5.74, 6) is -0.0338. The number of nitrogens with zero attached hydrogens (tertiary/aromatic N) is 1. The van der Waals surface area contributed by atoms with Gasteiger partial charge in [-0.1, -0.05) is 43.3 Å². The Kier molecular flexibility index (Phi) is 6.96. The van der Waals surface area contributed by atoms with Crippen molar-refractivity contribution in [2.24, 2.45) is 33.7 Å². The maximum Gasteiger partial charge on any atom is 0.181 e. The molecule has 0 unspecified atom stereocenters. The number of hydrogen-bond acceptors (Lipinski definition) is 8. The number of hydrogen-bond donors (Lipinski definition) is 3. The van der Waals surface area contributed by atoms with Crippen LogP contribution in [0.15, 0.2) is 59.3 Å². The van der Waals surface area contributed by atoms with Gasteiger partial charge in [0.2, 0.25) is 0 Å². The molecule has 0 bridgehead atoms. The summed E-state index contributed by atoms with van der Waals surface area (Å²) >= 11 is 0. The lowest BCUT2D eigenvalue weighted by Crippen LogP contribution is -2.69. The zero-order chi connectivity index (χ0) is 29.2. The molecular formula is C32H41FN2O6. The van der Waals surface area contributed by atoms with Crippen LogP contribution in [-0.4, -0.2) is 71.2 Å². The van der Waals surface area contributed by atoms with E-state index in [1.165, 1.54) is 0 Å². The quantitative estimate of drug-likeness (QED) is 0.340. The van der Waals surface area contributed by atoms with Crippen LogP contribution in [0.5, 0.6) is 5.75 Å². The lowest BCUT2D eigenvalue weighted by Gasteiger charge is -2.60. The second-order valence-electron chi connectivity index (χ2n) is 13.3. The summed E-state index contributed by atoms with van der Waals surface area (Å²) in [6, 6.07) is 9.45. The van der Waals surface area contributed by atoms with Crippen molar-refractivity contribution in [2.75, 3.05) is 19.8 Å². The number of benzene rings is 1. The van der Waals surface area contributed by atoms with Gasteiger partial charge in [0, 0.05) is 16.7 Å². The largest absolute Gasteiger partial charge is 0.490 e. The number of oxime groups is 1. The van der Waals surface area contributed by atoms with Crippen molar-refractivity contribution < 1.29 is 33.7 Å². The third-order valence-corrected chi connectivity index (χ3v) is 10.6. The van der Waals surface area contributed by atoms with Crippen LogP contribution in [0.25, 0.3) is 0 Å². The van der Waals surface area contributed by atoms with Gasteiger partial charge in [-0.3, -0.25) is 10.1 Å². The second-order valence-corrected chi connectivity index (χ2v) is 13.3. The van der Waals surface area contributed by atoms with Gasteiger partial charge < -0.3 is 24.5 Å². The Bertz CT molecular complexity index is 1280. The molecule has 222 valence electrons. The zero-order valence-electron chi connectivity index (χ0n) is 24.2. The van der Waals surface area contributed by atoms with Crippen LogP contribution >= 0.6 is 0 Å². The Hall–Kier alpha value is -2.59. The second kappa shape index (κ2) is 10.0. The van der Waals surface area contributed by atoms with E-state index in [2.05, 4.69) is 10.5 Å². The van der Waals surface area contributed by atoms with Crippen molar-refractivity contribution in [2.45, 2.75) is 76.6 Å². The molecule has 0 amide bonds. The molecular weight excluding hydrogens is 527 g/mol. The Morgan fingerprint density at radius 2 is 1.93 bits per heavy atom. The van der Waals surface area contributed by atoms with Gasteiger partial charge in [-0.25, -0.2) is 4.39 Å². The van der Waals surface area contributed by atoms with Crippen molar-refractivity contribution in [3.63, 3.8) is 0 Å². The maximum atomic E-state index is 16.1. The molecule has 3 saturated carbocycles. The molecule has 9 atom stereocenters. The average Bonchev–Trinajstić information content (AvgIpc) is 3.34. The van der Waals surface area contributed by atoms with Gasteiger partial charge in [-0.2, -0.15) is 0 Å². The Morgan fingerprint density at radius 1 is 1.17 bits per heavy atom. The van der Waals surface area contributed by atoms with Gasteiger partial charge in [-0.05, 0) is 74.8 Å². The van der Waals surface area contributed by atoms with E-state index < -0.39 is 47.1 Å². The summed E-state index contributed by atoms with van der Waals surface area (Å²) in [4.78, 5) is 18.9. The predicted octanol–water partition coefficient (Wildman–Crippen LogP) is 3.73. The average molecular weight is 569 g/mol. The molecule has 41 heavy (non-hydrogen) atoms. The molecule has 1 saturated heterocycles. The smallest absolute Gasteiger partial charge is 0.181 e. The number of ether oxygens (including phenoxy) is 2. The van der Waals surface area contributed by atoms with Crippen molar-refractivity contribution in [3.8, 4) is 5.75 Å². The highest BCUT2D eigenvalue weighted by atomic mass is 19.1. The molecule has 0 spiro atoms. The number of nitrogens with one attached hydrogen (secondary N) is 1. The molecule has 8 nitrogen and oxygen atoms in total. The molecule has 9 heteroatoms. The number of aliphatic hydroxyl groups excluding tert-OH is 2. The first-order valence-corrected chi connectivity index (χ1v) is 14.7. The molecule has 0 aromatic heterocycles. The summed E-state index contributed by atoms with van der Waals surface area (Å²) in [5.41, 5.74) is -2.17. The molecule has 0 radical (unpaired) electrons. The number of fused-ring (bicyclic) bond motifs is 7. The SMILES string of the molecule is CC1(C)N[C@]2(C(=O)CO)[C@@H](C[C@H]3[C@@H]4C[C@H](F)C5=C/C(=N/OCCOc6ccccc6)C=C[C@]5(C)[C@H]4[C@@H](O)C[C@@]32C)O1. The number of alkyl halides is 1. The van der Waals surface area contributed by atoms with Gasteiger partial charge in [0.15, 0.2) is 12.4 Å². The summed E-state index contributed by atoms with van der Waals surface area (Å²) in [7, 11) is 0. The Morgan fingerprint density at radius 3 is 2.66 bits per heavy atom. The van der Waals surface area contributed by atoms with Crippen LogP contribution in [0.4, 0.5) is 4.39 Å². The standard InChI is InChI=1S/C32H41FN2O6/c1-29(2)35-32(26(38)18-36)27(41-29)16-22-21-15-24(33)23-14-19(34-40-13-12-39-20-8-6-5-7-9-20)10-11-30(23,3)28(21)25(37)17-31(22,32)4/h5-11,14,21-22,24-25,27-28,35-37H,12-13,15-18H2,1-4H3/b34-19+/t21-,22-,24-,25-,27+,28+,30-,31-,32+/m0/s1. The van der Waals surface area contributed by atoms with Crippen molar-refractivity contribution in [1.82, 2.24) is 5.32 Å². The van der Waals surface area contributed by atoms with Crippen molar-refractivity contribution in [3.05, 3.63) is 54.1 Å². The lowest BCUT2D eigenvalue weighted by molar-refractivity contribution is -0.151. The van der Waals surface area contributed by atoms with Gasteiger partial charge in [0.25, 0.3) is 0 Å². The van der Waals surface area contributed by atoms with E-state index >= 15 is 4.39 Å². The first-order valence-electron chi connectivity index (χ1n) is 14.7. The number of aliphatic hydroxyl groups is 2. The minimum absolute atomic E-state index is 0.0620. The van der Waals surface area contributed by atoms with Crippen LogP contribution in [0, 0.1) is 28.6 Å². The number of allylic oxidation sites excluding steroid dienone is 4. The van der Waals surface area contributed by atoms with E-state index in [1.807, 2.05) is 70.2 Å². The van der Waals surface area contributed by atoms with Crippen LogP contribution in [0.2, 0.25) is 0 Å². The van der Waals surface area contributed by atoms with E-state index in [0.717, 1.165) is 5.75 Å². The van der Waals surface area contributed by atoms with Crippen LogP contribution in [0.1, 0.15) is 47.0 Å². The minimum atomic E-state index is -1.23. The maximum absolute atomic E-state index is 16.1. The number of carbonyl (C=O) groups is 1. The third kappa shape index (κ3) is 4.30. The highest BCUT2D eigenvalue weighted by Crippen LogP contribution is 2.69. The third-order valence-electron chi connectivity index (χ3n) is 10.6. The first kappa shape index (κ1) is 28.5. The molecule has 1 aromatic rings. The van der Waals surface area contributed by atoms with E-state index in [4.69, 9.17) is 14.3 Å². The summed E-state index contributed by atoms with van der Waals surface area (Å²) in [6.07, 6.45) is 4.27. The minimum Gasteiger partial charge on any atom is -0.490 e. The molecule has 6 rings (SSSR count). The zero-order valence-corrected chi connectivity index (χ0v) is 24.2. The fourth-order valence-corrected chi connectivity index (χ4v) is 9.16. The number of halogens is 1. The summed E-state index contributed by atoms with van der Waals surface area (Å²) in [5, 5.41) is 29.4. The summed E-state index contributed by atoms with van der Waals surface area (Å²) < 4.78 is 28.1. The number of Topliss-reactive ketones (excluding diaryl/α,β-unsaturated/α-hetero) is 1.